The van der Waals surface area contributed by atoms with Gasteiger partial charge in [-0.05, 0) is 48.9 Å². The molecule has 4 rings (SSSR count). The van der Waals surface area contributed by atoms with Crippen molar-refractivity contribution in [2.75, 3.05) is 18.4 Å². The zero-order chi connectivity index (χ0) is 21.6. The van der Waals surface area contributed by atoms with Crippen molar-refractivity contribution in [1.82, 2.24) is 10.2 Å². The van der Waals surface area contributed by atoms with Crippen molar-refractivity contribution in [3.8, 4) is 0 Å². The van der Waals surface area contributed by atoms with Crippen LogP contribution in [0.3, 0.4) is 0 Å². The number of thioether (sulfide) groups is 1. The van der Waals surface area contributed by atoms with Crippen LogP contribution < -0.4 is 10.6 Å². The molecule has 0 saturated carbocycles. The molecule has 1 unspecified atom stereocenters. The zero-order valence-electron chi connectivity index (χ0n) is 17.0. The van der Waals surface area contributed by atoms with Crippen LogP contribution in [0.15, 0.2) is 46.8 Å². The summed E-state index contributed by atoms with van der Waals surface area (Å²) in [5.74, 6) is -0.717. The Bertz CT molecular complexity index is 984. The summed E-state index contributed by atoms with van der Waals surface area (Å²) >= 11 is 2.96. The van der Waals surface area contributed by atoms with Crippen molar-refractivity contribution in [3.63, 3.8) is 0 Å². The number of carbonyl (C=O) groups excluding carboxylic acids is 3. The number of likely N-dealkylation sites (tertiary alicyclic amines) is 1. The number of amidine groups is 1. The van der Waals surface area contributed by atoms with E-state index in [2.05, 4.69) is 20.5 Å². The molecule has 7 nitrogen and oxygen atoms in total. The van der Waals surface area contributed by atoms with Crippen LogP contribution in [0.1, 0.15) is 40.9 Å². The SMILES string of the molecule is O=C(CC1SC(N2CCCCC2)=NC1=O)Nc1cccc(C(=O)NCc2cccs2)c1. The summed E-state index contributed by atoms with van der Waals surface area (Å²) in [5.41, 5.74) is 0.998. The van der Waals surface area contributed by atoms with Gasteiger partial charge in [-0.3, -0.25) is 14.4 Å². The Balaban J connectivity index is 1.29. The monoisotopic (exact) mass is 456 g/mol. The number of nitrogens with zero attached hydrogens (tertiary/aromatic N) is 2. The van der Waals surface area contributed by atoms with Gasteiger partial charge in [0.15, 0.2) is 5.17 Å². The largest absolute Gasteiger partial charge is 0.351 e. The second-order valence-electron chi connectivity index (χ2n) is 7.48. The summed E-state index contributed by atoms with van der Waals surface area (Å²) < 4.78 is 0. The fraction of sp³-hybridized carbons (Fsp3) is 0.364. The lowest BCUT2D eigenvalue weighted by Gasteiger charge is -2.27. The molecule has 1 aromatic carbocycles. The van der Waals surface area contributed by atoms with E-state index in [1.165, 1.54) is 18.2 Å². The van der Waals surface area contributed by atoms with Gasteiger partial charge in [-0.15, -0.1) is 11.3 Å². The topological polar surface area (TPSA) is 90.9 Å². The molecule has 0 radical (unpaired) electrons. The molecule has 3 heterocycles. The third-order valence-electron chi connectivity index (χ3n) is 5.14. The Morgan fingerprint density at radius 2 is 1.97 bits per heavy atom. The van der Waals surface area contributed by atoms with Gasteiger partial charge < -0.3 is 15.5 Å². The molecule has 2 aromatic rings. The van der Waals surface area contributed by atoms with E-state index in [9.17, 15) is 14.4 Å². The lowest BCUT2D eigenvalue weighted by Crippen LogP contribution is -2.33. The number of nitrogens with one attached hydrogen (secondary N) is 2. The maximum absolute atomic E-state index is 12.5. The summed E-state index contributed by atoms with van der Waals surface area (Å²) in [6.45, 7) is 2.30. The number of hydrogen-bond donors (Lipinski definition) is 2. The number of amides is 3. The lowest BCUT2D eigenvalue weighted by molar-refractivity contribution is -0.121. The average Bonchev–Trinajstić information content (AvgIpc) is 3.43. The first-order valence-corrected chi connectivity index (χ1v) is 12.1. The number of piperidine rings is 1. The van der Waals surface area contributed by atoms with Crippen molar-refractivity contribution < 1.29 is 14.4 Å². The van der Waals surface area contributed by atoms with Crippen LogP contribution in [-0.4, -0.2) is 46.1 Å². The molecular formula is C22H24N4O3S2. The molecule has 0 spiro atoms. The van der Waals surface area contributed by atoms with E-state index in [-0.39, 0.29) is 24.1 Å². The first kappa shape index (κ1) is 21.6. The highest BCUT2D eigenvalue weighted by atomic mass is 32.2. The minimum atomic E-state index is -0.491. The van der Waals surface area contributed by atoms with Gasteiger partial charge in [0.25, 0.3) is 11.8 Å². The Kier molecular flexibility index (Phi) is 7.03. The Hall–Kier alpha value is -2.65. The van der Waals surface area contributed by atoms with Crippen LogP contribution in [-0.2, 0) is 16.1 Å². The van der Waals surface area contributed by atoms with E-state index in [4.69, 9.17) is 0 Å². The van der Waals surface area contributed by atoms with Crippen LogP contribution in [0.2, 0.25) is 0 Å². The molecule has 0 aliphatic carbocycles. The van der Waals surface area contributed by atoms with Crippen LogP contribution in [0.4, 0.5) is 5.69 Å². The molecule has 9 heteroatoms. The molecule has 162 valence electrons. The molecule has 3 amide bonds. The highest BCUT2D eigenvalue weighted by molar-refractivity contribution is 8.15. The van der Waals surface area contributed by atoms with E-state index in [0.717, 1.165) is 36.0 Å². The fourth-order valence-electron chi connectivity index (χ4n) is 3.53. The number of thiophene rings is 1. The number of benzene rings is 1. The number of anilines is 1. The van der Waals surface area contributed by atoms with Crippen molar-refractivity contribution in [3.05, 3.63) is 52.2 Å². The minimum absolute atomic E-state index is 0.0547. The predicted octanol–water partition coefficient (Wildman–Crippen LogP) is 3.49. The van der Waals surface area contributed by atoms with Crippen molar-refractivity contribution in [2.45, 2.75) is 37.5 Å². The van der Waals surface area contributed by atoms with E-state index < -0.39 is 5.25 Å². The third-order valence-corrected chi connectivity index (χ3v) is 7.23. The number of aliphatic imine (C=N–C) groups is 1. The quantitative estimate of drug-likeness (QED) is 0.694. The first-order chi connectivity index (χ1) is 15.1. The highest BCUT2D eigenvalue weighted by Crippen LogP contribution is 2.29. The fourth-order valence-corrected chi connectivity index (χ4v) is 5.29. The number of carbonyl (C=O) groups is 3. The van der Waals surface area contributed by atoms with E-state index in [0.29, 0.717) is 17.8 Å². The Morgan fingerprint density at radius 1 is 1.13 bits per heavy atom. The van der Waals surface area contributed by atoms with Gasteiger partial charge in [-0.25, -0.2) is 0 Å². The third kappa shape index (κ3) is 5.74. The second-order valence-corrected chi connectivity index (χ2v) is 9.68. The standard InChI is InChI=1S/C22H24N4O3S2/c27-19(13-18-21(29)25-22(31-18)26-9-2-1-3-10-26)24-16-7-4-6-15(12-16)20(28)23-14-17-8-5-11-30-17/h4-8,11-12,18H,1-3,9-10,13-14H2,(H,23,28)(H,24,27). The molecular weight excluding hydrogens is 432 g/mol. The normalized spacial score (nSPS) is 18.6. The van der Waals surface area contributed by atoms with Crippen molar-refractivity contribution in [1.29, 1.82) is 0 Å². The van der Waals surface area contributed by atoms with Crippen molar-refractivity contribution >= 4 is 51.7 Å². The lowest BCUT2D eigenvalue weighted by atomic mass is 10.1. The number of hydrogen-bond acceptors (Lipinski definition) is 6. The maximum atomic E-state index is 12.5. The number of rotatable bonds is 6. The Labute approximate surface area is 189 Å². The van der Waals surface area contributed by atoms with Crippen molar-refractivity contribution in [2.24, 2.45) is 4.99 Å². The van der Waals surface area contributed by atoms with Gasteiger partial charge in [0, 0.05) is 35.6 Å². The van der Waals surface area contributed by atoms with Crippen LogP contribution in [0.25, 0.3) is 0 Å². The van der Waals surface area contributed by atoms with E-state index >= 15 is 0 Å². The van der Waals surface area contributed by atoms with Gasteiger partial charge >= 0.3 is 0 Å². The molecule has 2 aliphatic heterocycles. The van der Waals surface area contributed by atoms with Gasteiger partial charge in [-0.2, -0.15) is 4.99 Å². The van der Waals surface area contributed by atoms with Gasteiger partial charge in [0.05, 0.1) is 6.54 Å². The summed E-state index contributed by atoms with van der Waals surface area (Å²) in [7, 11) is 0. The van der Waals surface area contributed by atoms with Gasteiger partial charge in [-0.1, -0.05) is 23.9 Å². The molecule has 1 atom stereocenters. The molecule has 0 bridgehead atoms. The van der Waals surface area contributed by atoms with Gasteiger partial charge in [0.2, 0.25) is 5.91 Å². The molecule has 1 saturated heterocycles. The first-order valence-electron chi connectivity index (χ1n) is 10.3. The van der Waals surface area contributed by atoms with E-state index in [1.54, 1.807) is 35.6 Å². The summed E-state index contributed by atoms with van der Waals surface area (Å²) in [4.78, 5) is 44.6. The summed E-state index contributed by atoms with van der Waals surface area (Å²) in [5, 5.41) is 7.89. The van der Waals surface area contributed by atoms with Crippen LogP contribution in [0.5, 0.6) is 0 Å². The van der Waals surface area contributed by atoms with Gasteiger partial charge in [0.1, 0.15) is 5.25 Å². The Morgan fingerprint density at radius 3 is 2.74 bits per heavy atom. The molecule has 2 aliphatic rings. The van der Waals surface area contributed by atoms with E-state index in [1.807, 2.05) is 17.5 Å². The zero-order valence-corrected chi connectivity index (χ0v) is 18.6. The average molecular weight is 457 g/mol. The molecule has 2 N–H and O–H groups in total. The maximum Gasteiger partial charge on any atom is 0.262 e. The highest BCUT2D eigenvalue weighted by Gasteiger charge is 2.33. The summed E-state index contributed by atoms with van der Waals surface area (Å²) in [6, 6.07) is 10.7. The minimum Gasteiger partial charge on any atom is -0.351 e. The summed E-state index contributed by atoms with van der Waals surface area (Å²) in [6.07, 6.45) is 3.48. The molecule has 1 fully saturated rings. The second kappa shape index (κ2) is 10.1. The smallest absolute Gasteiger partial charge is 0.262 e. The molecule has 31 heavy (non-hydrogen) atoms. The molecule has 1 aromatic heterocycles. The van der Waals surface area contributed by atoms with Crippen LogP contribution >= 0.6 is 23.1 Å². The predicted molar refractivity (Wildman–Crippen MR) is 124 cm³/mol. The van der Waals surface area contributed by atoms with Crippen LogP contribution in [0, 0.1) is 0 Å².